The van der Waals surface area contributed by atoms with E-state index in [1.165, 1.54) is 6.07 Å². The van der Waals surface area contributed by atoms with E-state index in [4.69, 9.17) is 0 Å². The number of piperazine rings is 1. The van der Waals surface area contributed by atoms with Crippen molar-refractivity contribution in [1.29, 1.82) is 0 Å². The van der Waals surface area contributed by atoms with E-state index in [9.17, 15) is 14.0 Å². The maximum Gasteiger partial charge on any atom is 0.267 e. The number of benzene rings is 1. The molecule has 2 N–H and O–H groups in total. The maximum atomic E-state index is 14.1. The standard InChI is InChI=1S/C24H31FN4O2/c1-15-5-8-20(25)19-14-21(27-22(15)19)23(30)26-17-3-2-4-18(13-17)28-9-11-29(12-10-28)24(31)16-6-7-16/h5,8,14,16-18,27H,2-4,6-7,9-13H2,1H3,(H,26,30)/t17-,18+/m1/s1. The number of amides is 2. The van der Waals surface area contributed by atoms with Crippen LogP contribution in [0.25, 0.3) is 10.9 Å². The van der Waals surface area contributed by atoms with Gasteiger partial charge in [0.1, 0.15) is 11.5 Å². The van der Waals surface area contributed by atoms with E-state index in [0.29, 0.717) is 34.5 Å². The molecule has 3 aliphatic rings. The number of aryl methyl sites for hydroxylation is 1. The summed E-state index contributed by atoms with van der Waals surface area (Å²) in [4.78, 5) is 32.8. The van der Waals surface area contributed by atoms with Gasteiger partial charge in [-0.1, -0.05) is 6.07 Å². The van der Waals surface area contributed by atoms with Crippen molar-refractivity contribution in [3.8, 4) is 0 Å². The number of halogens is 1. The highest BCUT2D eigenvalue weighted by Crippen LogP contribution is 2.32. The first-order valence-corrected chi connectivity index (χ1v) is 11.6. The van der Waals surface area contributed by atoms with Crippen LogP contribution in [-0.2, 0) is 4.79 Å². The predicted octanol–water partition coefficient (Wildman–Crippen LogP) is 3.21. The molecule has 0 bridgehead atoms. The van der Waals surface area contributed by atoms with Crippen molar-refractivity contribution in [3.05, 3.63) is 35.3 Å². The summed E-state index contributed by atoms with van der Waals surface area (Å²) >= 11 is 0. The van der Waals surface area contributed by atoms with Gasteiger partial charge in [-0.15, -0.1) is 0 Å². The maximum absolute atomic E-state index is 14.1. The molecule has 0 unspecified atom stereocenters. The van der Waals surface area contributed by atoms with Crippen LogP contribution in [0.15, 0.2) is 18.2 Å². The molecule has 0 spiro atoms. The Hall–Kier alpha value is -2.41. The molecule has 31 heavy (non-hydrogen) atoms. The first-order chi connectivity index (χ1) is 15.0. The zero-order valence-corrected chi connectivity index (χ0v) is 18.1. The monoisotopic (exact) mass is 426 g/mol. The summed E-state index contributed by atoms with van der Waals surface area (Å²) < 4.78 is 14.1. The smallest absolute Gasteiger partial charge is 0.267 e. The molecule has 5 rings (SSSR count). The number of carbonyl (C=O) groups is 2. The van der Waals surface area contributed by atoms with Crippen LogP contribution in [0.5, 0.6) is 0 Å². The van der Waals surface area contributed by atoms with Crippen LogP contribution in [0.1, 0.15) is 54.6 Å². The number of carbonyl (C=O) groups excluding carboxylic acids is 2. The van der Waals surface area contributed by atoms with Crippen molar-refractivity contribution in [2.75, 3.05) is 26.2 Å². The molecule has 1 aromatic carbocycles. The molecule has 2 aliphatic carbocycles. The highest BCUT2D eigenvalue weighted by Gasteiger charge is 2.36. The van der Waals surface area contributed by atoms with Crippen LogP contribution in [0.3, 0.4) is 0 Å². The highest BCUT2D eigenvalue weighted by molar-refractivity contribution is 5.99. The Labute approximate surface area is 182 Å². The van der Waals surface area contributed by atoms with Crippen LogP contribution in [0.4, 0.5) is 4.39 Å². The topological polar surface area (TPSA) is 68.4 Å². The molecule has 166 valence electrons. The van der Waals surface area contributed by atoms with Crippen LogP contribution in [0, 0.1) is 18.7 Å². The van der Waals surface area contributed by atoms with Crippen molar-refractivity contribution in [3.63, 3.8) is 0 Å². The first-order valence-electron chi connectivity index (χ1n) is 11.6. The quantitative estimate of drug-likeness (QED) is 0.789. The molecule has 2 heterocycles. The average molecular weight is 427 g/mol. The minimum absolute atomic E-state index is 0.120. The fraction of sp³-hybridized carbons (Fsp3) is 0.583. The minimum Gasteiger partial charge on any atom is -0.350 e. The normalized spacial score (nSPS) is 25.0. The molecular formula is C24H31FN4O2. The summed E-state index contributed by atoms with van der Waals surface area (Å²) in [6.45, 7) is 5.39. The summed E-state index contributed by atoms with van der Waals surface area (Å²) in [5, 5.41) is 3.63. The Kier molecular flexibility index (Phi) is 5.46. The fourth-order valence-corrected chi connectivity index (χ4v) is 5.23. The van der Waals surface area contributed by atoms with E-state index >= 15 is 0 Å². The van der Waals surface area contributed by atoms with Gasteiger partial charge in [-0.25, -0.2) is 4.39 Å². The second-order valence-corrected chi connectivity index (χ2v) is 9.46. The highest BCUT2D eigenvalue weighted by atomic mass is 19.1. The van der Waals surface area contributed by atoms with E-state index in [1.807, 2.05) is 11.8 Å². The van der Waals surface area contributed by atoms with Crippen LogP contribution in [-0.4, -0.2) is 64.9 Å². The van der Waals surface area contributed by atoms with Gasteiger partial charge in [0.05, 0.1) is 5.52 Å². The molecule has 2 amide bonds. The second-order valence-electron chi connectivity index (χ2n) is 9.46. The van der Waals surface area contributed by atoms with E-state index in [1.54, 1.807) is 12.1 Å². The molecule has 7 heteroatoms. The largest absolute Gasteiger partial charge is 0.350 e. The number of hydrogen-bond donors (Lipinski definition) is 2. The van der Waals surface area contributed by atoms with Crippen molar-refractivity contribution in [2.45, 2.75) is 57.5 Å². The third kappa shape index (κ3) is 4.20. The van der Waals surface area contributed by atoms with Crippen LogP contribution in [0.2, 0.25) is 0 Å². The summed E-state index contributed by atoms with van der Waals surface area (Å²) in [5.74, 6) is 0.162. The molecule has 3 fully saturated rings. The third-order valence-corrected chi connectivity index (χ3v) is 7.24. The van der Waals surface area contributed by atoms with Crippen molar-refractivity contribution < 1.29 is 14.0 Å². The number of nitrogens with one attached hydrogen (secondary N) is 2. The van der Waals surface area contributed by atoms with Gasteiger partial charge in [0.15, 0.2) is 0 Å². The lowest BCUT2D eigenvalue weighted by atomic mass is 9.89. The number of hydrogen-bond acceptors (Lipinski definition) is 3. The van der Waals surface area contributed by atoms with Gasteiger partial charge in [0.2, 0.25) is 5.91 Å². The van der Waals surface area contributed by atoms with E-state index in [-0.39, 0.29) is 17.8 Å². The molecule has 6 nitrogen and oxygen atoms in total. The van der Waals surface area contributed by atoms with Gasteiger partial charge in [0, 0.05) is 49.6 Å². The molecule has 2 saturated carbocycles. The summed E-state index contributed by atoms with van der Waals surface area (Å²) in [6, 6.07) is 5.34. The Morgan fingerprint density at radius 1 is 1.10 bits per heavy atom. The zero-order valence-electron chi connectivity index (χ0n) is 18.1. The molecule has 2 atom stereocenters. The van der Waals surface area contributed by atoms with Gasteiger partial charge >= 0.3 is 0 Å². The van der Waals surface area contributed by atoms with Gasteiger partial charge in [-0.05, 0) is 63.1 Å². The number of nitrogens with zero attached hydrogens (tertiary/aromatic N) is 2. The van der Waals surface area contributed by atoms with Gasteiger partial charge < -0.3 is 15.2 Å². The molecule has 1 aromatic heterocycles. The van der Waals surface area contributed by atoms with E-state index in [0.717, 1.165) is 70.3 Å². The SMILES string of the molecule is Cc1ccc(F)c2cc(C(=O)N[C@@H]3CCC[C@H](N4CCN(C(=O)C5CC5)CC4)C3)[nH]c12. The van der Waals surface area contributed by atoms with Gasteiger partial charge in [-0.3, -0.25) is 14.5 Å². The van der Waals surface area contributed by atoms with Crippen LogP contribution < -0.4 is 5.32 Å². The molecule has 1 saturated heterocycles. The Morgan fingerprint density at radius 3 is 2.58 bits per heavy atom. The first kappa shape index (κ1) is 20.5. The van der Waals surface area contributed by atoms with Gasteiger partial charge in [-0.2, -0.15) is 0 Å². The lowest BCUT2D eigenvalue weighted by Gasteiger charge is -2.42. The van der Waals surface area contributed by atoms with Crippen LogP contribution >= 0.6 is 0 Å². The average Bonchev–Trinajstić information content (AvgIpc) is 3.53. The Bertz CT molecular complexity index is 952. The van der Waals surface area contributed by atoms with E-state index in [2.05, 4.69) is 15.2 Å². The number of fused-ring (bicyclic) bond motifs is 1. The number of aromatic nitrogens is 1. The molecule has 2 aromatic rings. The summed E-state index contributed by atoms with van der Waals surface area (Å²) in [5.41, 5.74) is 2.02. The molecular weight excluding hydrogens is 395 g/mol. The van der Waals surface area contributed by atoms with Crippen molar-refractivity contribution in [1.82, 2.24) is 20.1 Å². The van der Waals surface area contributed by atoms with Crippen molar-refractivity contribution >= 4 is 22.7 Å². The zero-order chi connectivity index (χ0) is 21.5. The lowest BCUT2D eigenvalue weighted by Crippen LogP contribution is -2.54. The van der Waals surface area contributed by atoms with Gasteiger partial charge in [0.25, 0.3) is 5.91 Å². The second kappa shape index (κ2) is 8.26. The fourth-order valence-electron chi connectivity index (χ4n) is 5.23. The molecule has 1 aliphatic heterocycles. The number of H-pyrrole nitrogens is 1. The minimum atomic E-state index is -0.312. The molecule has 0 radical (unpaired) electrons. The number of aromatic amines is 1. The number of rotatable bonds is 4. The summed E-state index contributed by atoms with van der Waals surface area (Å²) in [6.07, 6.45) is 6.24. The van der Waals surface area contributed by atoms with Crippen molar-refractivity contribution in [2.24, 2.45) is 5.92 Å². The Balaban J connectivity index is 1.18. The predicted molar refractivity (Wildman–Crippen MR) is 117 cm³/mol. The Morgan fingerprint density at radius 2 is 1.87 bits per heavy atom. The summed E-state index contributed by atoms with van der Waals surface area (Å²) in [7, 11) is 0. The van der Waals surface area contributed by atoms with E-state index < -0.39 is 0 Å². The third-order valence-electron chi connectivity index (χ3n) is 7.24. The lowest BCUT2D eigenvalue weighted by molar-refractivity contribution is -0.134.